The summed E-state index contributed by atoms with van der Waals surface area (Å²) in [5.74, 6) is 0.804. The third kappa shape index (κ3) is 5.76. The van der Waals surface area contributed by atoms with E-state index in [1.165, 1.54) is 12.8 Å². The Morgan fingerprint density at radius 1 is 1.21 bits per heavy atom. The van der Waals surface area contributed by atoms with Gasteiger partial charge in [0, 0.05) is 10.8 Å². The molecule has 1 unspecified atom stereocenters. The molecule has 1 heterocycles. The number of nitrogens with one attached hydrogen (secondary N) is 1. The lowest BCUT2D eigenvalue weighted by Gasteiger charge is -2.34. The number of aliphatic imine (C=N–C) groups is 1. The maximum absolute atomic E-state index is 4.72. The van der Waals surface area contributed by atoms with Gasteiger partial charge >= 0.3 is 0 Å². The summed E-state index contributed by atoms with van der Waals surface area (Å²) in [4.78, 5) is 4.72. The van der Waals surface area contributed by atoms with Gasteiger partial charge in [0.15, 0.2) is 5.17 Å². The highest BCUT2D eigenvalue weighted by molar-refractivity contribution is 8.14. The van der Waals surface area contributed by atoms with Gasteiger partial charge in [-0.15, -0.1) is 0 Å². The Bertz CT molecular complexity index is 311. The highest BCUT2D eigenvalue weighted by atomic mass is 32.2. The van der Waals surface area contributed by atoms with Crippen molar-refractivity contribution >= 4 is 16.9 Å². The molecule has 1 atom stereocenters. The fraction of sp³-hybridized carbons (Fsp3) is 0.938. The van der Waals surface area contributed by atoms with Gasteiger partial charge in [-0.25, -0.2) is 0 Å². The molecule has 0 aliphatic carbocycles. The summed E-state index contributed by atoms with van der Waals surface area (Å²) in [6.07, 6.45) is 3.68. The molecular weight excluding hydrogens is 252 g/mol. The molecule has 0 fully saturated rings. The zero-order chi connectivity index (χ0) is 14.7. The van der Waals surface area contributed by atoms with Gasteiger partial charge in [0.25, 0.3) is 0 Å². The van der Waals surface area contributed by atoms with Crippen LogP contribution in [-0.2, 0) is 0 Å². The predicted octanol–water partition coefficient (Wildman–Crippen LogP) is 4.70. The Labute approximate surface area is 124 Å². The van der Waals surface area contributed by atoms with Crippen LogP contribution >= 0.6 is 11.8 Å². The molecule has 1 N–H and O–H groups in total. The molecule has 1 aliphatic rings. The van der Waals surface area contributed by atoms with Crippen LogP contribution in [-0.4, -0.2) is 22.5 Å². The molecule has 0 bridgehead atoms. The van der Waals surface area contributed by atoms with Crippen molar-refractivity contribution in [1.82, 2.24) is 5.32 Å². The Morgan fingerprint density at radius 3 is 2.26 bits per heavy atom. The largest absolute Gasteiger partial charge is 0.360 e. The minimum atomic E-state index is 0.118. The van der Waals surface area contributed by atoms with Crippen LogP contribution in [0.2, 0.25) is 0 Å². The SMILES string of the molecule is CCC(CC)C1CN=C(NC(C)(C)CC(C)(C)C)S1. The molecular formula is C16H32N2S. The number of nitrogens with zero attached hydrogens (tertiary/aromatic N) is 1. The highest BCUT2D eigenvalue weighted by Crippen LogP contribution is 2.33. The van der Waals surface area contributed by atoms with Crippen LogP contribution in [0.15, 0.2) is 4.99 Å². The molecule has 0 spiro atoms. The van der Waals surface area contributed by atoms with Gasteiger partial charge in [-0.1, -0.05) is 59.2 Å². The molecule has 1 rings (SSSR count). The summed E-state index contributed by atoms with van der Waals surface area (Å²) in [5.41, 5.74) is 0.460. The molecule has 112 valence electrons. The number of amidine groups is 1. The lowest BCUT2D eigenvalue weighted by atomic mass is 9.82. The van der Waals surface area contributed by atoms with Crippen molar-refractivity contribution in [1.29, 1.82) is 0 Å². The van der Waals surface area contributed by atoms with Crippen LogP contribution < -0.4 is 5.32 Å². The third-order valence-electron chi connectivity index (χ3n) is 3.67. The summed E-state index contributed by atoms with van der Waals surface area (Å²) >= 11 is 1.96. The van der Waals surface area contributed by atoms with E-state index in [9.17, 15) is 0 Å². The van der Waals surface area contributed by atoms with Crippen molar-refractivity contribution in [3.8, 4) is 0 Å². The van der Waals surface area contributed by atoms with Crippen LogP contribution in [0.25, 0.3) is 0 Å². The maximum atomic E-state index is 4.72. The van der Waals surface area contributed by atoms with Gasteiger partial charge in [0.05, 0.1) is 6.54 Å². The summed E-state index contributed by atoms with van der Waals surface area (Å²) in [6, 6.07) is 0. The highest BCUT2D eigenvalue weighted by Gasteiger charge is 2.31. The third-order valence-corrected chi connectivity index (χ3v) is 4.96. The van der Waals surface area contributed by atoms with Crippen molar-refractivity contribution in [2.24, 2.45) is 16.3 Å². The van der Waals surface area contributed by atoms with E-state index in [1.807, 2.05) is 11.8 Å². The molecule has 0 aromatic rings. The summed E-state index contributed by atoms with van der Waals surface area (Å²) < 4.78 is 0. The van der Waals surface area contributed by atoms with E-state index in [0.717, 1.165) is 24.1 Å². The molecule has 3 heteroatoms. The second kappa shape index (κ2) is 6.51. The van der Waals surface area contributed by atoms with Crippen molar-refractivity contribution in [2.45, 2.75) is 78.5 Å². The van der Waals surface area contributed by atoms with E-state index < -0.39 is 0 Å². The fourth-order valence-corrected chi connectivity index (χ4v) is 4.68. The number of hydrogen-bond donors (Lipinski definition) is 1. The van der Waals surface area contributed by atoms with Gasteiger partial charge in [-0.05, 0) is 31.6 Å². The van der Waals surface area contributed by atoms with E-state index in [-0.39, 0.29) is 5.54 Å². The standard InChI is InChI=1S/C16H32N2S/c1-8-12(9-2)13-10-17-14(19-13)18-16(6,7)11-15(3,4)5/h12-13H,8-11H2,1-7H3,(H,17,18). The topological polar surface area (TPSA) is 24.4 Å². The average molecular weight is 285 g/mol. The van der Waals surface area contributed by atoms with E-state index in [2.05, 4.69) is 53.8 Å². The number of rotatable bonds is 5. The first-order valence-corrected chi connectivity index (χ1v) is 8.54. The zero-order valence-corrected chi connectivity index (χ0v) is 14.7. The molecule has 0 amide bonds. The van der Waals surface area contributed by atoms with Crippen molar-refractivity contribution in [3.63, 3.8) is 0 Å². The number of thioether (sulfide) groups is 1. The van der Waals surface area contributed by atoms with Gasteiger partial charge in [-0.3, -0.25) is 4.99 Å². The van der Waals surface area contributed by atoms with Crippen molar-refractivity contribution in [2.75, 3.05) is 6.54 Å². The van der Waals surface area contributed by atoms with Crippen LogP contribution in [0.5, 0.6) is 0 Å². The summed E-state index contributed by atoms with van der Waals surface area (Å²) in [5, 5.41) is 5.50. The van der Waals surface area contributed by atoms with Crippen LogP contribution in [0.1, 0.15) is 67.7 Å². The quantitative estimate of drug-likeness (QED) is 0.791. The van der Waals surface area contributed by atoms with E-state index >= 15 is 0 Å². The van der Waals surface area contributed by atoms with Crippen LogP contribution in [0.4, 0.5) is 0 Å². The van der Waals surface area contributed by atoms with Crippen LogP contribution in [0, 0.1) is 11.3 Å². The van der Waals surface area contributed by atoms with Crippen LogP contribution in [0.3, 0.4) is 0 Å². The normalized spacial score (nSPS) is 20.8. The first-order valence-electron chi connectivity index (χ1n) is 7.66. The molecule has 1 aliphatic heterocycles. The number of hydrogen-bond acceptors (Lipinski definition) is 3. The molecule has 0 aromatic carbocycles. The molecule has 2 nitrogen and oxygen atoms in total. The summed E-state index contributed by atoms with van der Waals surface area (Å²) in [6.45, 7) is 17.0. The van der Waals surface area contributed by atoms with E-state index in [0.29, 0.717) is 10.7 Å². The average Bonchev–Trinajstić information content (AvgIpc) is 2.63. The van der Waals surface area contributed by atoms with Crippen molar-refractivity contribution < 1.29 is 0 Å². The molecule has 0 saturated heterocycles. The van der Waals surface area contributed by atoms with E-state index in [1.54, 1.807) is 0 Å². The second-order valence-corrected chi connectivity index (χ2v) is 8.85. The Kier molecular flexibility index (Phi) is 5.78. The maximum Gasteiger partial charge on any atom is 0.157 e. The molecule has 0 radical (unpaired) electrons. The fourth-order valence-electron chi connectivity index (χ4n) is 3.18. The van der Waals surface area contributed by atoms with Gasteiger partial charge in [0.2, 0.25) is 0 Å². The molecule has 0 saturated carbocycles. The first kappa shape index (κ1) is 16.9. The lowest BCUT2D eigenvalue weighted by molar-refractivity contribution is 0.268. The zero-order valence-electron chi connectivity index (χ0n) is 13.8. The minimum absolute atomic E-state index is 0.118. The van der Waals surface area contributed by atoms with Gasteiger partial charge < -0.3 is 5.32 Å². The molecule has 19 heavy (non-hydrogen) atoms. The second-order valence-electron chi connectivity index (χ2n) is 7.63. The van der Waals surface area contributed by atoms with E-state index in [4.69, 9.17) is 4.99 Å². The van der Waals surface area contributed by atoms with Gasteiger partial charge in [0.1, 0.15) is 0 Å². The Morgan fingerprint density at radius 2 is 1.79 bits per heavy atom. The lowest BCUT2D eigenvalue weighted by Crippen LogP contribution is -2.44. The molecule has 0 aromatic heterocycles. The van der Waals surface area contributed by atoms with Gasteiger partial charge in [-0.2, -0.15) is 0 Å². The smallest absolute Gasteiger partial charge is 0.157 e. The Hall–Kier alpha value is -0.180. The monoisotopic (exact) mass is 284 g/mol. The minimum Gasteiger partial charge on any atom is -0.360 e. The summed E-state index contributed by atoms with van der Waals surface area (Å²) in [7, 11) is 0. The van der Waals surface area contributed by atoms with Crippen molar-refractivity contribution in [3.05, 3.63) is 0 Å². The first-order chi connectivity index (χ1) is 8.67. The predicted molar refractivity (Wildman–Crippen MR) is 89.0 cm³/mol. The Balaban J connectivity index is 2.51.